The highest BCUT2D eigenvalue weighted by Gasteiger charge is 2.41. The van der Waals surface area contributed by atoms with Crippen LogP contribution in [-0.2, 0) is 0 Å². The third kappa shape index (κ3) is 2.76. The number of anilines is 1. The molecule has 3 aromatic rings. The minimum atomic E-state index is 0.451. The molecule has 2 bridgehead atoms. The second-order valence-corrected chi connectivity index (χ2v) is 8.05. The number of para-hydroxylation sites is 1. The van der Waals surface area contributed by atoms with Gasteiger partial charge in [0.25, 0.3) is 0 Å². The molecule has 0 saturated heterocycles. The molecular formula is C23H25N3. The minimum absolute atomic E-state index is 0.451. The van der Waals surface area contributed by atoms with E-state index >= 15 is 0 Å². The summed E-state index contributed by atoms with van der Waals surface area (Å²) in [5.74, 6) is 4.43. The average Bonchev–Trinajstić information content (AvgIpc) is 3.32. The highest BCUT2D eigenvalue weighted by atomic mass is 15.1. The molecule has 132 valence electrons. The molecule has 4 atom stereocenters. The Kier molecular flexibility index (Phi) is 3.88. The summed E-state index contributed by atoms with van der Waals surface area (Å²) in [5, 5.41) is 4.88. The van der Waals surface area contributed by atoms with E-state index < -0.39 is 0 Å². The molecule has 2 aliphatic carbocycles. The van der Waals surface area contributed by atoms with E-state index in [9.17, 15) is 0 Å². The van der Waals surface area contributed by atoms with Crippen LogP contribution in [0.5, 0.6) is 0 Å². The fraction of sp³-hybridized carbons (Fsp3) is 0.391. The van der Waals surface area contributed by atoms with E-state index in [1.165, 1.54) is 25.7 Å². The Balaban J connectivity index is 1.51. The first-order valence-electron chi connectivity index (χ1n) is 9.86. The molecule has 3 nitrogen and oxygen atoms in total. The molecule has 0 amide bonds. The summed E-state index contributed by atoms with van der Waals surface area (Å²) in [5.41, 5.74) is 2.07. The number of nitrogens with one attached hydrogen (secondary N) is 1. The SMILES string of the molecule is C[C@@H](Nc1nc(-c2ccccc2)nc2ccccc12)[C@H]1C[C@H]2CC[C@H]1C2. The number of benzene rings is 2. The molecule has 0 radical (unpaired) electrons. The second kappa shape index (κ2) is 6.39. The molecule has 0 spiro atoms. The van der Waals surface area contributed by atoms with Crippen molar-refractivity contribution in [2.75, 3.05) is 5.32 Å². The maximum absolute atomic E-state index is 4.92. The van der Waals surface area contributed by atoms with Gasteiger partial charge in [-0.15, -0.1) is 0 Å². The second-order valence-electron chi connectivity index (χ2n) is 8.05. The van der Waals surface area contributed by atoms with Crippen molar-refractivity contribution in [1.29, 1.82) is 0 Å². The number of fused-ring (bicyclic) bond motifs is 3. The van der Waals surface area contributed by atoms with Crippen molar-refractivity contribution in [1.82, 2.24) is 9.97 Å². The van der Waals surface area contributed by atoms with Gasteiger partial charge in [-0.3, -0.25) is 0 Å². The van der Waals surface area contributed by atoms with Crippen LogP contribution < -0.4 is 5.32 Å². The third-order valence-corrected chi connectivity index (χ3v) is 6.43. The van der Waals surface area contributed by atoms with Crippen LogP contribution in [0.2, 0.25) is 0 Å². The van der Waals surface area contributed by atoms with Gasteiger partial charge in [0, 0.05) is 17.0 Å². The van der Waals surface area contributed by atoms with E-state index in [2.05, 4.69) is 42.6 Å². The van der Waals surface area contributed by atoms with Crippen molar-refractivity contribution in [3.8, 4) is 11.4 Å². The highest BCUT2D eigenvalue weighted by Crippen LogP contribution is 2.50. The van der Waals surface area contributed by atoms with Crippen LogP contribution in [0.15, 0.2) is 54.6 Å². The van der Waals surface area contributed by atoms with E-state index in [4.69, 9.17) is 9.97 Å². The van der Waals surface area contributed by atoms with Gasteiger partial charge in [-0.2, -0.15) is 0 Å². The van der Waals surface area contributed by atoms with Crippen molar-refractivity contribution in [3.05, 3.63) is 54.6 Å². The lowest BCUT2D eigenvalue weighted by Gasteiger charge is -2.29. The highest BCUT2D eigenvalue weighted by molar-refractivity contribution is 5.90. The summed E-state index contributed by atoms with van der Waals surface area (Å²) >= 11 is 0. The summed E-state index contributed by atoms with van der Waals surface area (Å²) in [6.07, 6.45) is 5.69. The van der Waals surface area contributed by atoms with Crippen LogP contribution in [0, 0.1) is 17.8 Å². The van der Waals surface area contributed by atoms with E-state index in [1.54, 1.807) is 0 Å². The van der Waals surface area contributed by atoms with Crippen molar-refractivity contribution in [3.63, 3.8) is 0 Å². The predicted molar refractivity (Wildman–Crippen MR) is 107 cm³/mol. The Bertz CT molecular complexity index is 921. The lowest BCUT2D eigenvalue weighted by Crippen LogP contribution is -2.30. The topological polar surface area (TPSA) is 37.8 Å². The molecule has 2 fully saturated rings. The van der Waals surface area contributed by atoms with Gasteiger partial charge in [-0.25, -0.2) is 9.97 Å². The Hall–Kier alpha value is -2.42. The van der Waals surface area contributed by atoms with Gasteiger partial charge >= 0.3 is 0 Å². The van der Waals surface area contributed by atoms with Gasteiger partial charge in [-0.05, 0) is 56.1 Å². The number of hydrogen-bond acceptors (Lipinski definition) is 3. The summed E-state index contributed by atoms with van der Waals surface area (Å²) in [6, 6.07) is 19.0. The van der Waals surface area contributed by atoms with Gasteiger partial charge in [0.15, 0.2) is 5.82 Å². The summed E-state index contributed by atoms with van der Waals surface area (Å²) < 4.78 is 0. The van der Waals surface area contributed by atoms with Crippen molar-refractivity contribution in [2.24, 2.45) is 17.8 Å². The molecule has 26 heavy (non-hydrogen) atoms. The third-order valence-electron chi connectivity index (χ3n) is 6.43. The largest absolute Gasteiger partial charge is 0.367 e. The number of hydrogen-bond donors (Lipinski definition) is 1. The standard InChI is InChI=1S/C23H25N3/c1-15(20-14-16-11-12-18(20)13-16)24-23-19-9-5-6-10-21(19)25-22(26-23)17-7-3-2-4-8-17/h2-10,15-16,18,20H,11-14H2,1H3,(H,24,25,26)/t15-,16+,18+,20-/m1/s1. The van der Waals surface area contributed by atoms with Gasteiger partial charge in [-0.1, -0.05) is 48.9 Å². The van der Waals surface area contributed by atoms with Crippen molar-refractivity contribution in [2.45, 2.75) is 38.6 Å². The Morgan fingerprint density at radius 1 is 0.923 bits per heavy atom. The van der Waals surface area contributed by atoms with Gasteiger partial charge < -0.3 is 5.32 Å². The van der Waals surface area contributed by atoms with Gasteiger partial charge in [0.1, 0.15) is 5.82 Å². The predicted octanol–water partition coefficient (Wildman–Crippen LogP) is 5.53. The number of nitrogens with zero attached hydrogens (tertiary/aromatic N) is 2. The summed E-state index contributed by atoms with van der Waals surface area (Å²) in [7, 11) is 0. The monoisotopic (exact) mass is 343 g/mol. The van der Waals surface area contributed by atoms with E-state index in [1.807, 2.05) is 24.3 Å². The van der Waals surface area contributed by atoms with Gasteiger partial charge in [0.05, 0.1) is 5.52 Å². The molecule has 0 unspecified atom stereocenters. The maximum atomic E-state index is 4.92. The first kappa shape index (κ1) is 15.8. The van der Waals surface area contributed by atoms with E-state index in [-0.39, 0.29) is 0 Å². The molecule has 0 aliphatic heterocycles. The fourth-order valence-electron chi connectivity index (χ4n) is 5.13. The molecule has 1 heterocycles. The fourth-order valence-corrected chi connectivity index (χ4v) is 5.13. The molecule has 3 heteroatoms. The first-order chi connectivity index (χ1) is 12.8. The van der Waals surface area contributed by atoms with Crippen LogP contribution in [-0.4, -0.2) is 16.0 Å². The number of rotatable bonds is 4. The van der Waals surface area contributed by atoms with Crippen LogP contribution in [0.25, 0.3) is 22.3 Å². The maximum Gasteiger partial charge on any atom is 0.162 e. The quantitative estimate of drug-likeness (QED) is 0.676. The van der Waals surface area contributed by atoms with Crippen LogP contribution >= 0.6 is 0 Å². The normalized spacial score (nSPS) is 25.5. The lowest BCUT2D eigenvalue weighted by molar-refractivity contribution is 0.304. The summed E-state index contributed by atoms with van der Waals surface area (Å²) in [4.78, 5) is 9.72. The van der Waals surface area contributed by atoms with Gasteiger partial charge in [0.2, 0.25) is 0 Å². The van der Waals surface area contributed by atoms with Crippen molar-refractivity contribution < 1.29 is 0 Å². The van der Waals surface area contributed by atoms with Crippen LogP contribution in [0.1, 0.15) is 32.6 Å². The molecule has 1 aromatic heterocycles. The smallest absolute Gasteiger partial charge is 0.162 e. The van der Waals surface area contributed by atoms with E-state index in [0.29, 0.717) is 6.04 Å². The zero-order chi connectivity index (χ0) is 17.5. The Labute approximate surface area is 154 Å². The van der Waals surface area contributed by atoms with Crippen LogP contribution in [0.4, 0.5) is 5.82 Å². The molecule has 2 saturated carbocycles. The lowest BCUT2D eigenvalue weighted by atomic mass is 9.84. The Morgan fingerprint density at radius 2 is 1.73 bits per heavy atom. The molecular weight excluding hydrogens is 318 g/mol. The van der Waals surface area contributed by atoms with Crippen LogP contribution in [0.3, 0.4) is 0 Å². The van der Waals surface area contributed by atoms with E-state index in [0.717, 1.165) is 45.9 Å². The summed E-state index contributed by atoms with van der Waals surface area (Å²) in [6.45, 7) is 2.34. The molecule has 2 aliphatic rings. The minimum Gasteiger partial charge on any atom is -0.367 e. The molecule has 5 rings (SSSR count). The molecule has 2 aromatic carbocycles. The first-order valence-corrected chi connectivity index (χ1v) is 9.86. The zero-order valence-corrected chi connectivity index (χ0v) is 15.2. The molecule has 1 N–H and O–H groups in total. The number of aromatic nitrogens is 2. The average molecular weight is 343 g/mol. The Morgan fingerprint density at radius 3 is 2.50 bits per heavy atom. The zero-order valence-electron chi connectivity index (χ0n) is 15.2. The van der Waals surface area contributed by atoms with Crippen molar-refractivity contribution >= 4 is 16.7 Å².